The summed E-state index contributed by atoms with van der Waals surface area (Å²) in [5.74, 6) is -0.557. The molecule has 1 unspecified atom stereocenters. The SMILES string of the molecule is C/C(=C(/C#N)C(=O)NCC(O)CO)c1ccc2cccc(N3CCC3)c2c1. The fraction of sp³-hybridized carbons (Fsp3) is 0.333. The van der Waals surface area contributed by atoms with Crippen LogP contribution in [0.2, 0.25) is 0 Å². The van der Waals surface area contributed by atoms with Gasteiger partial charge in [0.25, 0.3) is 5.91 Å². The van der Waals surface area contributed by atoms with Crippen molar-refractivity contribution in [2.45, 2.75) is 19.4 Å². The highest BCUT2D eigenvalue weighted by atomic mass is 16.3. The number of aliphatic hydroxyl groups is 2. The van der Waals surface area contributed by atoms with Crippen molar-refractivity contribution in [3.63, 3.8) is 0 Å². The van der Waals surface area contributed by atoms with Crippen LogP contribution in [-0.2, 0) is 4.79 Å². The number of benzene rings is 2. The van der Waals surface area contributed by atoms with Gasteiger partial charge in [-0.2, -0.15) is 5.26 Å². The zero-order valence-corrected chi connectivity index (χ0v) is 15.3. The van der Waals surface area contributed by atoms with Gasteiger partial charge < -0.3 is 20.4 Å². The summed E-state index contributed by atoms with van der Waals surface area (Å²) >= 11 is 0. The first-order chi connectivity index (χ1) is 13.0. The molecule has 0 aliphatic carbocycles. The van der Waals surface area contributed by atoms with Crippen LogP contribution in [0, 0.1) is 11.3 Å². The summed E-state index contributed by atoms with van der Waals surface area (Å²) in [6.07, 6.45) is 0.141. The van der Waals surface area contributed by atoms with Crippen molar-refractivity contribution in [2.75, 3.05) is 31.1 Å². The largest absolute Gasteiger partial charge is 0.394 e. The zero-order valence-electron chi connectivity index (χ0n) is 15.3. The van der Waals surface area contributed by atoms with Gasteiger partial charge in [-0.1, -0.05) is 24.3 Å². The molecule has 0 radical (unpaired) electrons. The average molecular weight is 365 g/mol. The Balaban J connectivity index is 1.95. The highest BCUT2D eigenvalue weighted by Crippen LogP contribution is 2.32. The standard InChI is InChI=1S/C21H23N3O3/c1-14(19(11-22)21(27)23-12-17(26)13-25)16-7-6-15-4-2-5-20(18(15)10-16)24-8-3-9-24/h2,4-7,10,17,25-26H,3,8-9,12-13H2,1H3,(H,23,27)/b19-14+. The Kier molecular flexibility index (Phi) is 5.75. The smallest absolute Gasteiger partial charge is 0.262 e. The molecular formula is C21H23N3O3. The van der Waals surface area contributed by atoms with E-state index in [1.807, 2.05) is 30.3 Å². The van der Waals surface area contributed by atoms with E-state index in [-0.39, 0.29) is 12.1 Å². The van der Waals surface area contributed by atoms with Crippen molar-refractivity contribution in [3.8, 4) is 6.07 Å². The summed E-state index contributed by atoms with van der Waals surface area (Å²) in [6.45, 7) is 3.27. The lowest BCUT2D eigenvalue weighted by atomic mass is 9.97. The number of rotatable bonds is 6. The Morgan fingerprint density at radius 1 is 1.33 bits per heavy atom. The van der Waals surface area contributed by atoms with Gasteiger partial charge in [-0.05, 0) is 42.0 Å². The third-order valence-electron chi connectivity index (χ3n) is 4.91. The fourth-order valence-corrected chi connectivity index (χ4v) is 3.13. The Morgan fingerprint density at radius 3 is 2.74 bits per heavy atom. The summed E-state index contributed by atoms with van der Waals surface area (Å²) < 4.78 is 0. The minimum absolute atomic E-state index is 0.000853. The summed E-state index contributed by atoms with van der Waals surface area (Å²) in [7, 11) is 0. The van der Waals surface area contributed by atoms with Crippen LogP contribution in [-0.4, -0.2) is 48.5 Å². The third kappa shape index (κ3) is 3.95. The first kappa shape index (κ1) is 18.9. The van der Waals surface area contributed by atoms with Gasteiger partial charge in [0, 0.05) is 30.7 Å². The number of hydrogen-bond donors (Lipinski definition) is 3. The molecule has 0 spiro atoms. The number of nitriles is 1. The normalized spacial score (nSPS) is 15.6. The molecule has 6 nitrogen and oxygen atoms in total. The molecule has 140 valence electrons. The summed E-state index contributed by atoms with van der Waals surface area (Å²) in [5, 5.41) is 32.4. The molecule has 3 N–H and O–H groups in total. The minimum atomic E-state index is -1.05. The molecule has 0 bridgehead atoms. The monoisotopic (exact) mass is 365 g/mol. The van der Waals surface area contributed by atoms with E-state index in [4.69, 9.17) is 5.11 Å². The number of amides is 1. The number of carbonyl (C=O) groups excluding carboxylic acids is 1. The van der Waals surface area contributed by atoms with Gasteiger partial charge >= 0.3 is 0 Å². The van der Waals surface area contributed by atoms with E-state index >= 15 is 0 Å². The third-order valence-corrected chi connectivity index (χ3v) is 4.91. The van der Waals surface area contributed by atoms with Gasteiger partial charge in [-0.3, -0.25) is 4.79 Å². The van der Waals surface area contributed by atoms with Crippen molar-refractivity contribution >= 4 is 27.9 Å². The topological polar surface area (TPSA) is 96.6 Å². The van der Waals surface area contributed by atoms with E-state index in [2.05, 4.69) is 22.3 Å². The molecule has 1 atom stereocenters. The van der Waals surface area contributed by atoms with Crippen molar-refractivity contribution in [3.05, 3.63) is 47.5 Å². The second-order valence-corrected chi connectivity index (χ2v) is 6.71. The second-order valence-electron chi connectivity index (χ2n) is 6.71. The highest BCUT2D eigenvalue weighted by molar-refractivity contribution is 6.05. The van der Waals surface area contributed by atoms with Crippen molar-refractivity contribution < 1.29 is 15.0 Å². The van der Waals surface area contributed by atoms with E-state index in [0.717, 1.165) is 29.4 Å². The molecule has 1 aliphatic rings. The molecule has 0 aromatic heterocycles. The van der Waals surface area contributed by atoms with Crippen LogP contribution >= 0.6 is 0 Å². The molecule has 0 saturated carbocycles. The van der Waals surface area contributed by atoms with Gasteiger partial charge in [-0.25, -0.2) is 0 Å². The number of fused-ring (bicyclic) bond motifs is 1. The van der Waals surface area contributed by atoms with Crippen LogP contribution in [0.4, 0.5) is 5.69 Å². The summed E-state index contributed by atoms with van der Waals surface area (Å²) in [4.78, 5) is 14.6. The van der Waals surface area contributed by atoms with Crippen LogP contribution in [0.1, 0.15) is 18.9 Å². The molecule has 27 heavy (non-hydrogen) atoms. The Bertz CT molecular complexity index is 926. The Hall–Kier alpha value is -2.88. The van der Waals surface area contributed by atoms with E-state index in [1.165, 1.54) is 12.1 Å². The predicted molar refractivity (Wildman–Crippen MR) is 105 cm³/mol. The van der Waals surface area contributed by atoms with E-state index < -0.39 is 18.6 Å². The molecule has 1 aliphatic heterocycles. The van der Waals surface area contributed by atoms with Crippen LogP contribution in [0.3, 0.4) is 0 Å². The average Bonchev–Trinajstić information content (AvgIpc) is 2.65. The molecule has 1 heterocycles. The lowest BCUT2D eigenvalue weighted by molar-refractivity contribution is -0.117. The van der Waals surface area contributed by atoms with Crippen molar-refractivity contribution in [2.24, 2.45) is 0 Å². The molecule has 1 saturated heterocycles. The summed E-state index contributed by atoms with van der Waals surface area (Å²) in [6, 6.07) is 14.1. The number of hydrogen-bond acceptors (Lipinski definition) is 5. The molecule has 2 aromatic rings. The zero-order chi connectivity index (χ0) is 19.4. The number of carbonyl (C=O) groups is 1. The first-order valence-electron chi connectivity index (χ1n) is 9.01. The maximum absolute atomic E-state index is 12.3. The van der Waals surface area contributed by atoms with E-state index in [0.29, 0.717) is 5.57 Å². The summed E-state index contributed by atoms with van der Waals surface area (Å²) in [5.41, 5.74) is 2.56. The van der Waals surface area contributed by atoms with Crippen LogP contribution in [0.25, 0.3) is 16.3 Å². The molecule has 3 rings (SSSR count). The molecule has 2 aromatic carbocycles. The van der Waals surface area contributed by atoms with Crippen molar-refractivity contribution in [1.82, 2.24) is 5.32 Å². The van der Waals surface area contributed by atoms with Crippen LogP contribution in [0.5, 0.6) is 0 Å². The van der Waals surface area contributed by atoms with E-state index in [9.17, 15) is 15.2 Å². The van der Waals surface area contributed by atoms with Crippen LogP contribution < -0.4 is 10.2 Å². The maximum Gasteiger partial charge on any atom is 0.262 e. The number of aliphatic hydroxyl groups excluding tert-OH is 2. The lowest BCUT2D eigenvalue weighted by Crippen LogP contribution is -2.37. The van der Waals surface area contributed by atoms with E-state index in [1.54, 1.807) is 6.92 Å². The molecule has 1 amide bonds. The number of allylic oxidation sites excluding steroid dienone is 1. The number of nitrogens with zero attached hydrogens (tertiary/aromatic N) is 2. The predicted octanol–water partition coefficient (Wildman–Crippen LogP) is 1.82. The van der Waals surface area contributed by atoms with Crippen LogP contribution in [0.15, 0.2) is 42.0 Å². The number of nitrogens with one attached hydrogen (secondary N) is 1. The molecule has 1 fully saturated rings. The van der Waals surface area contributed by atoms with Gasteiger partial charge in [-0.15, -0.1) is 0 Å². The maximum atomic E-state index is 12.3. The molecular weight excluding hydrogens is 342 g/mol. The minimum Gasteiger partial charge on any atom is -0.394 e. The van der Waals surface area contributed by atoms with Gasteiger partial charge in [0.05, 0.1) is 12.7 Å². The Morgan fingerprint density at radius 2 is 2.11 bits per heavy atom. The first-order valence-corrected chi connectivity index (χ1v) is 9.01. The highest BCUT2D eigenvalue weighted by Gasteiger charge is 2.18. The van der Waals surface area contributed by atoms with Crippen molar-refractivity contribution in [1.29, 1.82) is 5.26 Å². The Labute approximate surface area is 158 Å². The lowest BCUT2D eigenvalue weighted by Gasteiger charge is -2.34. The fourth-order valence-electron chi connectivity index (χ4n) is 3.13. The number of anilines is 1. The quantitative estimate of drug-likeness (QED) is 0.536. The molecule has 6 heteroatoms. The van der Waals surface area contributed by atoms with Gasteiger partial charge in [0.2, 0.25) is 0 Å². The van der Waals surface area contributed by atoms with Gasteiger partial charge in [0.1, 0.15) is 11.6 Å². The van der Waals surface area contributed by atoms with Gasteiger partial charge in [0.15, 0.2) is 0 Å². The second kappa shape index (κ2) is 8.21.